The summed E-state index contributed by atoms with van der Waals surface area (Å²) >= 11 is 0. The monoisotopic (exact) mass is 306 g/mol. The maximum Gasteiger partial charge on any atom is 0.228 e. The van der Waals surface area contributed by atoms with E-state index in [1.165, 1.54) is 5.56 Å². The van der Waals surface area contributed by atoms with E-state index in [1.807, 2.05) is 36.1 Å². The van der Waals surface area contributed by atoms with Crippen molar-refractivity contribution in [3.05, 3.63) is 29.8 Å². The summed E-state index contributed by atoms with van der Waals surface area (Å²) in [5.41, 5.74) is 2.19. The van der Waals surface area contributed by atoms with Gasteiger partial charge in [0.15, 0.2) is 0 Å². The van der Waals surface area contributed by atoms with E-state index >= 15 is 0 Å². The molecule has 21 heavy (non-hydrogen) atoms. The molecule has 114 valence electrons. The van der Waals surface area contributed by atoms with Crippen LogP contribution in [0.2, 0.25) is 0 Å². The summed E-state index contributed by atoms with van der Waals surface area (Å²) in [7, 11) is -0.627. The van der Waals surface area contributed by atoms with Gasteiger partial charge in [-0.3, -0.25) is 9.00 Å². The summed E-state index contributed by atoms with van der Waals surface area (Å²) in [5, 5.41) is 3.58. The fourth-order valence-corrected chi connectivity index (χ4v) is 4.39. The van der Waals surface area contributed by atoms with Crippen LogP contribution in [0.25, 0.3) is 0 Å². The molecule has 2 aliphatic rings. The van der Waals surface area contributed by atoms with Gasteiger partial charge in [0.05, 0.1) is 0 Å². The Morgan fingerprint density at radius 1 is 1.14 bits per heavy atom. The van der Waals surface area contributed by atoms with E-state index in [-0.39, 0.29) is 11.9 Å². The average molecular weight is 306 g/mol. The van der Waals surface area contributed by atoms with Gasteiger partial charge in [0.2, 0.25) is 5.91 Å². The zero-order valence-corrected chi connectivity index (χ0v) is 13.2. The summed E-state index contributed by atoms with van der Waals surface area (Å²) in [6, 6.07) is 8.74. The molecule has 2 heterocycles. The molecule has 0 unspecified atom stereocenters. The summed E-state index contributed by atoms with van der Waals surface area (Å²) in [6.45, 7) is 2.79. The van der Waals surface area contributed by atoms with Gasteiger partial charge in [-0.05, 0) is 31.9 Å². The Morgan fingerprint density at radius 2 is 1.81 bits per heavy atom. The van der Waals surface area contributed by atoms with Gasteiger partial charge in [-0.2, -0.15) is 0 Å². The van der Waals surface area contributed by atoms with Gasteiger partial charge in [-0.1, -0.05) is 17.7 Å². The first-order valence-corrected chi connectivity index (χ1v) is 9.08. The molecule has 2 saturated heterocycles. The number of nitrogens with zero attached hydrogens (tertiary/aromatic N) is 1. The highest BCUT2D eigenvalue weighted by Crippen LogP contribution is 2.23. The molecule has 3 rings (SSSR count). The van der Waals surface area contributed by atoms with Crippen LogP contribution in [0.3, 0.4) is 0 Å². The summed E-state index contributed by atoms with van der Waals surface area (Å²) in [4.78, 5) is 14.1. The molecular formula is C16H22N2O2S. The van der Waals surface area contributed by atoms with E-state index < -0.39 is 10.8 Å². The number of benzene rings is 1. The van der Waals surface area contributed by atoms with Crippen LogP contribution in [0.15, 0.2) is 24.3 Å². The van der Waals surface area contributed by atoms with Crippen molar-refractivity contribution in [1.82, 2.24) is 5.32 Å². The van der Waals surface area contributed by atoms with Gasteiger partial charge in [-0.15, -0.1) is 0 Å². The van der Waals surface area contributed by atoms with Crippen LogP contribution in [0, 0.1) is 6.92 Å². The molecule has 1 atom stereocenters. The van der Waals surface area contributed by atoms with Crippen molar-refractivity contribution in [2.75, 3.05) is 23.0 Å². The number of amides is 1. The summed E-state index contributed by atoms with van der Waals surface area (Å²) < 4.78 is 11.4. The van der Waals surface area contributed by atoms with Gasteiger partial charge < -0.3 is 10.2 Å². The molecule has 0 aromatic heterocycles. The van der Waals surface area contributed by atoms with Crippen molar-refractivity contribution in [3.63, 3.8) is 0 Å². The minimum Gasteiger partial charge on any atom is -0.311 e. The highest BCUT2D eigenvalue weighted by Gasteiger charge is 2.32. The van der Waals surface area contributed by atoms with Crippen molar-refractivity contribution >= 4 is 22.4 Å². The largest absolute Gasteiger partial charge is 0.311 e. The molecule has 1 aromatic carbocycles. The fraction of sp³-hybridized carbons (Fsp3) is 0.562. The van der Waals surface area contributed by atoms with Crippen LogP contribution in [0.5, 0.6) is 0 Å². The van der Waals surface area contributed by atoms with Gasteiger partial charge >= 0.3 is 0 Å². The molecule has 0 aliphatic carbocycles. The molecule has 4 nitrogen and oxygen atoms in total. The number of carbonyl (C=O) groups is 1. The predicted octanol–water partition coefficient (Wildman–Crippen LogP) is 1.60. The molecule has 5 heteroatoms. The van der Waals surface area contributed by atoms with Gasteiger partial charge in [0.25, 0.3) is 0 Å². The second-order valence-corrected chi connectivity index (χ2v) is 7.73. The fourth-order valence-electron chi connectivity index (χ4n) is 3.09. The second-order valence-electron chi connectivity index (χ2n) is 6.03. The summed E-state index contributed by atoms with van der Waals surface area (Å²) in [5.74, 6) is 1.77. The minimum absolute atomic E-state index is 0.190. The smallest absolute Gasteiger partial charge is 0.228 e. The van der Waals surface area contributed by atoms with E-state index in [0.717, 1.165) is 36.6 Å². The first-order valence-electron chi connectivity index (χ1n) is 7.60. The Balaban J connectivity index is 1.59. The lowest BCUT2D eigenvalue weighted by Gasteiger charge is -2.26. The Kier molecular flexibility index (Phi) is 4.40. The topological polar surface area (TPSA) is 49.4 Å². The van der Waals surface area contributed by atoms with Gasteiger partial charge in [-0.25, -0.2) is 0 Å². The average Bonchev–Trinajstić information content (AvgIpc) is 2.83. The van der Waals surface area contributed by atoms with Crippen LogP contribution in [0.4, 0.5) is 5.69 Å². The first-order chi connectivity index (χ1) is 10.1. The third kappa shape index (κ3) is 3.52. The van der Waals surface area contributed by atoms with Crippen LogP contribution < -0.4 is 10.2 Å². The molecule has 1 N–H and O–H groups in total. The zero-order valence-electron chi connectivity index (χ0n) is 12.4. The van der Waals surface area contributed by atoms with E-state index in [9.17, 15) is 9.00 Å². The second kappa shape index (κ2) is 6.28. The lowest BCUT2D eigenvalue weighted by Crippen LogP contribution is -2.43. The maximum absolute atomic E-state index is 12.2. The van der Waals surface area contributed by atoms with Crippen molar-refractivity contribution in [3.8, 4) is 0 Å². The van der Waals surface area contributed by atoms with E-state index in [0.29, 0.717) is 12.5 Å². The first kappa shape index (κ1) is 14.7. The van der Waals surface area contributed by atoms with E-state index in [1.54, 1.807) is 0 Å². The quantitative estimate of drug-likeness (QED) is 0.923. The van der Waals surface area contributed by atoms with Gasteiger partial charge in [0, 0.05) is 53.0 Å². The number of hydrogen-bond donors (Lipinski definition) is 1. The lowest BCUT2D eigenvalue weighted by atomic mass is 10.1. The molecule has 1 aromatic rings. The van der Waals surface area contributed by atoms with Crippen LogP contribution in [0.1, 0.15) is 24.8 Å². The zero-order chi connectivity index (χ0) is 14.8. The highest BCUT2D eigenvalue weighted by atomic mass is 32.2. The Hall–Kier alpha value is -1.20. The Bertz CT molecular complexity index is 534. The maximum atomic E-state index is 12.2. The third-order valence-electron chi connectivity index (χ3n) is 4.33. The predicted molar refractivity (Wildman–Crippen MR) is 86.0 cm³/mol. The molecule has 0 saturated carbocycles. The van der Waals surface area contributed by atoms with Crippen LogP contribution >= 0.6 is 0 Å². The molecule has 1 amide bonds. The molecular weight excluding hydrogens is 284 g/mol. The number of nitrogens with one attached hydrogen (secondary N) is 1. The van der Waals surface area contributed by atoms with Gasteiger partial charge in [0.1, 0.15) is 0 Å². The molecule has 2 fully saturated rings. The van der Waals surface area contributed by atoms with Crippen LogP contribution in [-0.2, 0) is 15.6 Å². The van der Waals surface area contributed by atoms with E-state index in [2.05, 4.69) is 5.32 Å². The normalized spacial score (nSPS) is 29.9. The van der Waals surface area contributed by atoms with Crippen molar-refractivity contribution in [1.29, 1.82) is 0 Å². The standard InChI is InChI=1S/C16H22N2O2S/c1-12-2-4-15(5-3-12)18-11-14(10-16(18)19)17-13-6-8-21(20)9-7-13/h2-5,13-14,17H,6-11H2,1H3/t13?,14-,21?/m1/s1. The van der Waals surface area contributed by atoms with Crippen molar-refractivity contribution < 1.29 is 9.00 Å². The molecule has 0 spiro atoms. The van der Waals surface area contributed by atoms with Crippen molar-refractivity contribution in [2.45, 2.75) is 38.3 Å². The number of hydrogen-bond acceptors (Lipinski definition) is 3. The number of anilines is 1. The molecule has 2 aliphatic heterocycles. The summed E-state index contributed by atoms with van der Waals surface area (Å²) in [6.07, 6.45) is 2.48. The SMILES string of the molecule is Cc1ccc(N2C[C@H](NC3CCS(=O)CC3)CC2=O)cc1. The lowest BCUT2D eigenvalue weighted by molar-refractivity contribution is -0.117. The molecule has 0 radical (unpaired) electrons. The number of rotatable bonds is 3. The van der Waals surface area contributed by atoms with Crippen molar-refractivity contribution in [2.24, 2.45) is 0 Å². The van der Waals surface area contributed by atoms with E-state index in [4.69, 9.17) is 0 Å². The highest BCUT2D eigenvalue weighted by molar-refractivity contribution is 7.85. The van der Waals surface area contributed by atoms with Crippen LogP contribution in [-0.4, -0.2) is 40.3 Å². The molecule has 0 bridgehead atoms. The number of aryl methyl sites for hydroxylation is 1. The minimum atomic E-state index is -0.627. The third-order valence-corrected chi connectivity index (χ3v) is 5.71. The Labute approximate surface area is 128 Å². The number of carbonyl (C=O) groups excluding carboxylic acids is 1. The Morgan fingerprint density at radius 3 is 2.48 bits per heavy atom.